The number of likely N-dealkylation sites (N-methyl/N-ethyl adjacent to an activating group) is 1. The summed E-state index contributed by atoms with van der Waals surface area (Å²) < 4.78 is 27.9. The molecule has 0 amide bonds. The van der Waals surface area contributed by atoms with Gasteiger partial charge < -0.3 is 10.0 Å². The van der Waals surface area contributed by atoms with E-state index in [1.807, 2.05) is 0 Å². The van der Waals surface area contributed by atoms with Crippen molar-refractivity contribution in [2.75, 3.05) is 45.8 Å². The Morgan fingerprint density at radius 1 is 1.15 bits per heavy atom. The molecule has 2 rings (SSSR count). The number of piperazine rings is 1. The van der Waals surface area contributed by atoms with Crippen LogP contribution in [0.3, 0.4) is 0 Å². The Hall–Kier alpha value is -0.700. The van der Waals surface area contributed by atoms with Crippen molar-refractivity contribution in [3.05, 3.63) is 0 Å². The van der Waals surface area contributed by atoms with Gasteiger partial charge in [-0.15, -0.1) is 0 Å². The second-order valence-electron chi connectivity index (χ2n) is 5.38. The van der Waals surface area contributed by atoms with Crippen LogP contribution in [-0.2, 0) is 15.0 Å². The normalized spacial score (nSPS) is 27.6. The van der Waals surface area contributed by atoms with Crippen molar-refractivity contribution >= 4 is 16.2 Å². The third kappa shape index (κ3) is 3.30. The molecule has 0 bridgehead atoms. The highest BCUT2D eigenvalue weighted by Gasteiger charge is 2.36. The van der Waals surface area contributed by atoms with Crippen molar-refractivity contribution in [3.63, 3.8) is 0 Å². The molecule has 2 fully saturated rings. The number of rotatable bonds is 4. The second-order valence-corrected chi connectivity index (χ2v) is 7.30. The first-order chi connectivity index (χ1) is 9.45. The smallest absolute Gasteiger partial charge is 0.307 e. The van der Waals surface area contributed by atoms with E-state index in [2.05, 4.69) is 11.8 Å². The predicted octanol–water partition coefficient (Wildman–Crippen LogP) is -0.335. The van der Waals surface area contributed by atoms with Gasteiger partial charge in [-0.1, -0.05) is 6.92 Å². The highest BCUT2D eigenvalue weighted by Crippen LogP contribution is 2.22. The molecule has 0 radical (unpaired) electrons. The van der Waals surface area contributed by atoms with Gasteiger partial charge in [-0.25, -0.2) is 0 Å². The Morgan fingerprint density at radius 3 is 2.35 bits per heavy atom. The topological polar surface area (TPSA) is 81.2 Å². The lowest BCUT2D eigenvalue weighted by Crippen LogP contribution is -2.55. The SMILES string of the molecule is CCN1CCN(S(=O)(=O)N2CCCC(C(=O)O)C2)CC1. The molecule has 2 saturated heterocycles. The van der Waals surface area contributed by atoms with Crippen LogP contribution in [0.15, 0.2) is 0 Å². The summed E-state index contributed by atoms with van der Waals surface area (Å²) in [5, 5.41) is 9.06. The summed E-state index contributed by atoms with van der Waals surface area (Å²) in [6.07, 6.45) is 1.18. The lowest BCUT2D eigenvalue weighted by Gasteiger charge is -2.38. The summed E-state index contributed by atoms with van der Waals surface area (Å²) in [6.45, 7) is 5.99. The number of carbonyl (C=O) groups is 1. The average Bonchev–Trinajstić information content (AvgIpc) is 2.47. The highest BCUT2D eigenvalue weighted by molar-refractivity contribution is 7.86. The molecular weight excluding hydrogens is 282 g/mol. The van der Waals surface area contributed by atoms with E-state index in [1.54, 1.807) is 0 Å². The van der Waals surface area contributed by atoms with Crippen molar-refractivity contribution in [1.82, 2.24) is 13.5 Å². The summed E-state index contributed by atoms with van der Waals surface area (Å²) in [6, 6.07) is 0. The van der Waals surface area contributed by atoms with Crippen LogP contribution >= 0.6 is 0 Å². The number of aliphatic carboxylic acids is 1. The number of hydrogen-bond donors (Lipinski definition) is 1. The first-order valence-electron chi connectivity index (χ1n) is 7.15. The van der Waals surface area contributed by atoms with Gasteiger partial charge >= 0.3 is 5.97 Å². The maximum absolute atomic E-state index is 12.5. The molecular formula is C12H23N3O4S. The van der Waals surface area contributed by atoms with Gasteiger partial charge in [-0.2, -0.15) is 17.0 Å². The summed E-state index contributed by atoms with van der Waals surface area (Å²) in [5.74, 6) is -1.48. The molecule has 2 aliphatic heterocycles. The van der Waals surface area contributed by atoms with Crippen LogP contribution in [0.4, 0.5) is 0 Å². The lowest BCUT2D eigenvalue weighted by atomic mass is 10.0. The quantitative estimate of drug-likeness (QED) is 0.769. The molecule has 0 saturated carbocycles. The number of nitrogens with zero attached hydrogens (tertiary/aromatic N) is 3. The maximum Gasteiger partial charge on any atom is 0.307 e. The summed E-state index contributed by atoms with van der Waals surface area (Å²) >= 11 is 0. The first kappa shape index (κ1) is 15.7. The molecule has 20 heavy (non-hydrogen) atoms. The minimum atomic E-state index is -3.51. The molecule has 7 nitrogen and oxygen atoms in total. The van der Waals surface area contributed by atoms with E-state index in [1.165, 1.54) is 8.61 Å². The molecule has 1 unspecified atom stereocenters. The van der Waals surface area contributed by atoms with Gasteiger partial charge in [-0.3, -0.25) is 4.79 Å². The van der Waals surface area contributed by atoms with Crippen LogP contribution in [0.2, 0.25) is 0 Å². The molecule has 2 heterocycles. The van der Waals surface area contributed by atoms with Crippen LogP contribution in [0.25, 0.3) is 0 Å². The predicted molar refractivity (Wildman–Crippen MR) is 74.5 cm³/mol. The van der Waals surface area contributed by atoms with Crippen LogP contribution in [0, 0.1) is 5.92 Å². The van der Waals surface area contributed by atoms with E-state index < -0.39 is 22.1 Å². The minimum absolute atomic E-state index is 0.103. The fraction of sp³-hybridized carbons (Fsp3) is 0.917. The summed E-state index contributed by atoms with van der Waals surface area (Å²) in [5.41, 5.74) is 0. The summed E-state index contributed by atoms with van der Waals surface area (Å²) in [4.78, 5) is 13.3. The standard InChI is InChI=1S/C12H23N3O4S/c1-2-13-6-8-14(9-7-13)20(18,19)15-5-3-4-11(10-15)12(16)17/h11H,2-10H2,1H3,(H,16,17). The van der Waals surface area contributed by atoms with Crippen molar-refractivity contribution < 1.29 is 18.3 Å². The number of hydrogen-bond acceptors (Lipinski definition) is 4. The van der Waals surface area contributed by atoms with E-state index in [-0.39, 0.29) is 6.54 Å². The number of piperidine rings is 1. The number of carboxylic acids is 1. The van der Waals surface area contributed by atoms with Gasteiger partial charge in [0.1, 0.15) is 0 Å². The Morgan fingerprint density at radius 2 is 1.80 bits per heavy atom. The molecule has 8 heteroatoms. The fourth-order valence-electron chi connectivity index (χ4n) is 2.79. The van der Waals surface area contributed by atoms with Crippen LogP contribution < -0.4 is 0 Å². The molecule has 0 aromatic carbocycles. The maximum atomic E-state index is 12.5. The molecule has 116 valence electrons. The molecule has 1 atom stereocenters. The van der Waals surface area contributed by atoms with E-state index in [0.717, 1.165) is 19.6 Å². The monoisotopic (exact) mass is 305 g/mol. The summed E-state index contributed by atoms with van der Waals surface area (Å²) in [7, 11) is -3.51. The molecule has 0 spiro atoms. The fourth-order valence-corrected chi connectivity index (χ4v) is 4.47. The van der Waals surface area contributed by atoms with Crippen molar-refractivity contribution in [2.24, 2.45) is 5.92 Å². The highest BCUT2D eigenvalue weighted by atomic mass is 32.2. The second kappa shape index (κ2) is 6.38. The molecule has 1 N–H and O–H groups in total. The zero-order chi connectivity index (χ0) is 14.8. The number of carboxylic acid groups (broad SMARTS) is 1. The van der Waals surface area contributed by atoms with Gasteiger partial charge in [0.05, 0.1) is 5.92 Å². The van der Waals surface area contributed by atoms with Crippen LogP contribution in [0.1, 0.15) is 19.8 Å². The van der Waals surface area contributed by atoms with Crippen molar-refractivity contribution in [3.8, 4) is 0 Å². The minimum Gasteiger partial charge on any atom is -0.481 e. The molecule has 0 aromatic rings. The molecule has 0 aromatic heterocycles. The zero-order valence-corrected chi connectivity index (χ0v) is 12.7. The van der Waals surface area contributed by atoms with E-state index in [9.17, 15) is 13.2 Å². The lowest BCUT2D eigenvalue weighted by molar-refractivity contribution is -0.142. The van der Waals surface area contributed by atoms with Crippen LogP contribution in [-0.4, -0.2) is 78.8 Å². The molecule has 0 aliphatic carbocycles. The van der Waals surface area contributed by atoms with Crippen LogP contribution in [0.5, 0.6) is 0 Å². The molecule has 2 aliphatic rings. The average molecular weight is 305 g/mol. The third-order valence-electron chi connectivity index (χ3n) is 4.16. The Labute approximate surface area is 120 Å². The van der Waals surface area contributed by atoms with E-state index in [0.29, 0.717) is 32.5 Å². The van der Waals surface area contributed by atoms with Gasteiger partial charge in [0.15, 0.2) is 0 Å². The zero-order valence-electron chi connectivity index (χ0n) is 11.9. The first-order valence-corrected chi connectivity index (χ1v) is 8.55. The van der Waals surface area contributed by atoms with E-state index in [4.69, 9.17) is 5.11 Å². The van der Waals surface area contributed by atoms with E-state index >= 15 is 0 Å². The van der Waals surface area contributed by atoms with Crippen molar-refractivity contribution in [1.29, 1.82) is 0 Å². The Kier molecular flexibility index (Phi) is 5.00. The van der Waals surface area contributed by atoms with Crippen molar-refractivity contribution in [2.45, 2.75) is 19.8 Å². The van der Waals surface area contributed by atoms with Gasteiger partial charge in [0, 0.05) is 39.3 Å². The van der Waals surface area contributed by atoms with Gasteiger partial charge in [0.2, 0.25) is 0 Å². The third-order valence-corrected chi connectivity index (χ3v) is 6.17. The largest absolute Gasteiger partial charge is 0.481 e. The van der Waals surface area contributed by atoms with Gasteiger partial charge in [-0.05, 0) is 19.4 Å². The Balaban J connectivity index is 2.01. The Bertz CT molecular complexity index is 446. The van der Waals surface area contributed by atoms with Gasteiger partial charge in [0.25, 0.3) is 10.2 Å².